The van der Waals surface area contributed by atoms with Crippen LogP contribution in [0.3, 0.4) is 0 Å². The Labute approximate surface area is 125 Å². The molecule has 2 aromatic carbocycles. The maximum Gasteiger partial charge on any atom is 0.161 e. The minimum Gasteiger partial charge on any atom is -0.493 e. The monoisotopic (exact) mass is 287 g/mol. The molecule has 0 saturated carbocycles. The first kappa shape index (κ1) is 15.2. The molecule has 0 aliphatic carbocycles. The van der Waals surface area contributed by atoms with Gasteiger partial charge in [-0.05, 0) is 29.8 Å². The highest BCUT2D eigenvalue weighted by Gasteiger charge is 2.02. The van der Waals surface area contributed by atoms with Gasteiger partial charge in [-0.25, -0.2) is 0 Å². The van der Waals surface area contributed by atoms with Crippen molar-refractivity contribution in [3.05, 3.63) is 54.1 Å². The van der Waals surface area contributed by atoms with Crippen molar-refractivity contribution < 1.29 is 14.2 Å². The molecule has 0 spiro atoms. The molecule has 0 aliphatic rings. The molecule has 1 N–H and O–H groups in total. The molecule has 0 saturated heterocycles. The summed E-state index contributed by atoms with van der Waals surface area (Å²) in [4.78, 5) is 0. The molecule has 4 nitrogen and oxygen atoms in total. The Hall–Kier alpha value is -2.20. The number of rotatable bonds is 8. The molecule has 0 atom stereocenters. The average Bonchev–Trinajstić information content (AvgIpc) is 2.53. The van der Waals surface area contributed by atoms with Gasteiger partial charge in [-0.3, -0.25) is 0 Å². The molecule has 112 valence electrons. The lowest BCUT2D eigenvalue weighted by molar-refractivity contribution is 0.185. The van der Waals surface area contributed by atoms with E-state index in [1.165, 1.54) is 0 Å². The first-order chi connectivity index (χ1) is 10.3. The number of ether oxygens (including phenoxy) is 3. The van der Waals surface area contributed by atoms with Crippen LogP contribution >= 0.6 is 0 Å². The summed E-state index contributed by atoms with van der Waals surface area (Å²) in [7, 11) is 3.34. The summed E-state index contributed by atoms with van der Waals surface area (Å²) in [5.41, 5.74) is 2.21. The number of hydrogen-bond acceptors (Lipinski definition) is 4. The predicted octanol–water partition coefficient (Wildman–Crippen LogP) is 3.33. The second-order valence-corrected chi connectivity index (χ2v) is 4.56. The maximum absolute atomic E-state index is 5.72. The standard InChI is InChI=1S/C17H21NO3/c1-19-13-14-6-5-7-15(12-14)18-10-11-21-17-9-4-3-8-16(17)20-2/h3-9,12,18H,10-11,13H2,1-2H3. The molecule has 2 rings (SSSR count). The second kappa shape index (κ2) is 8.17. The van der Waals surface area contributed by atoms with Crippen molar-refractivity contribution in [1.82, 2.24) is 0 Å². The van der Waals surface area contributed by atoms with E-state index in [1.807, 2.05) is 42.5 Å². The highest BCUT2D eigenvalue weighted by molar-refractivity contribution is 5.45. The van der Waals surface area contributed by atoms with Crippen LogP contribution in [-0.4, -0.2) is 27.4 Å². The van der Waals surface area contributed by atoms with E-state index >= 15 is 0 Å². The fourth-order valence-electron chi connectivity index (χ4n) is 2.03. The van der Waals surface area contributed by atoms with Gasteiger partial charge in [-0.15, -0.1) is 0 Å². The molecule has 0 amide bonds. The minimum absolute atomic E-state index is 0.564. The zero-order valence-electron chi connectivity index (χ0n) is 12.5. The van der Waals surface area contributed by atoms with Crippen molar-refractivity contribution in [3.63, 3.8) is 0 Å². The van der Waals surface area contributed by atoms with E-state index in [0.29, 0.717) is 19.8 Å². The van der Waals surface area contributed by atoms with Crippen molar-refractivity contribution in [2.24, 2.45) is 0 Å². The Kier molecular flexibility index (Phi) is 5.91. The first-order valence-electron chi connectivity index (χ1n) is 6.91. The highest BCUT2D eigenvalue weighted by atomic mass is 16.5. The van der Waals surface area contributed by atoms with Crippen molar-refractivity contribution in [1.29, 1.82) is 0 Å². The van der Waals surface area contributed by atoms with Crippen LogP contribution in [0.25, 0.3) is 0 Å². The quantitative estimate of drug-likeness (QED) is 0.756. The lowest BCUT2D eigenvalue weighted by atomic mass is 10.2. The number of nitrogens with one attached hydrogen (secondary N) is 1. The van der Waals surface area contributed by atoms with Crippen molar-refractivity contribution in [2.45, 2.75) is 6.61 Å². The normalized spacial score (nSPS) is 10.2. The molecular weight excluding hydrogens is 266 g/mol. The molecule has 0 aromatic heterocycles. The lowest BCUT2D eigenvalue weighted by Gasteiger charge is -2.12. The molecule has 0 bridgehead atoms. The zero-order chi connectivity index (χ0) is 14.9. The highest BCUT2D eigenvalue weighted by Crippen LogP contribution is 2.25. The summed E-state index contributed by atoms with van der Waals surface area (Å²) in [5.74, 6) is 1.51. The maximum atomic E-state index is 5.72. The van der Waals surface area contributed by atoms with Crippen LogP contribution in [0.1, 0.15) is 5.56 Å². The third-order valence-corrected chi connectivity index (χ3v) is 3.00. The van der Waals surface area contributed by atoms with E-state index in [2.05, 4.69) is 11.4 Å². The van der Waals surface area contributed by atoms with Gasteiger partial charge in [0, 0.05) is 19.3 Å². The number of methoxy groups -OCH3 is 2. The average molecular weight is 287 g/mol. The molecule has 21 heavy (non-hydrogen) atoms. The van der Waals surface area contributed by atoms with Gasteiger partial charge >= 0.3 is 0 Å². The van der Waals surface area contributed by atoms with E-state index in [1.54, 1.807) is 14.2 Å². The molecule has 0 aliphatic heterocycles. The van der Waals surface area contributed by atoms with E-state index < -0.39 is 0 Å². The number of para-hydroxylation sites is 2. The Balaban J connectivity index is 1.80. The summed E-state index contributed by atoms with van der Waals surface area (Å²) in [6, 6.07) is 15.8. The molecule has 4 heteroatoms. The SMILES string of the molecule is COCc1cccc(NCCOc2ccccc2OC)c1. The molecule has 2 aromatic rings. The fourth-order valence-corrected chi connectivity index (χ4v) is 2.03. The number of hydrogen-bond donors (Lipinski definition) is 1. The Morgan fingerprint density at radius 3 is 2.52 bits per heavy atom. The third kappa shape index (κ3) is 4.68. The predicted molar refractivity (Wildman–Crippen MR) is 84.1 cm³/mol. The largest absolute Gasteiger partial charge is 0.493 e. The van der Waals surface area contributed by atoms with Crippen LogP contribution < -0.4 is 14.8 Å². The van der Waals surface area contributed by atoms with E-state index in [-0.39, 0.29) is 0 Å². The molecule has 0 heterocycles. The number of benzene rings is 2. The van der Waals surface area contributed by atoms with Crippen molar-refractivity contribution in [2.75, 3.05) is 32.7 Å². The molecule has 0 unspecified atom stereocenters. The second-order valence-electron chi connectivity index (χ2n) is 4.56. The topological polar surface area (TPSA) is 39.7 Å². The minimum atomic E-state index is 0.564. The Morgan fingerprint density at radius 2 is 1.76 bits per heavy atom. The van der Waals surface area contributed by atoms with Gasteiger partial charge < -0.3 is 19.5 Å². The van der Waals surface area contributed by atoms with E-state index in [4.69, 9.17) is 14.2 Å². The van der Waals surface area contributed by atoms with Gasteiger partial charge in [0.15, 0.2) is 11.5 Å². The van der Waals surface area contributed by atoms with Gasteiger partial charge in [0.05, 0.1) is 13.7 Å². The third-order valence-electron chi connectivity index (χ3n) is 3.00. The van der Waals surface area contributed by atoms with Gasteiger partial charge in [0.1, 0.15) is 6.61 Å². The summed E-state index contributed by atoms with van der Waals surface area (Å²) in [5, 5.41) is 3.33. The van der Waals surface area contributed by atoms with E-state index in [0.717, 1.165) is 22.7 Å². The summed E-state index contributed by atoms with van der Waals surface area (Å²) < 4.78 is 16.1. The summed E-state index contributed by atoms with van der Waals surface area (Å²) in [6.07, 6.45) is 0. The van der Waals surface area contributed by atoms with E-state index in [9.17, 15) is 0 Å². The summed E-state index contributed by atoms with van der Waals surface area (Å²) >= 11 is 0. The smallest absolute Gasteiger partial charge is 0.161 e. The Morgan fingerprint density at radius 1 is 0.952 bits per heavy atom. The zero-order valence-corrected chi connectivity index (χ0v) is 12.5. The molecule has 0 radical (unpaired) electrons. The van der Waals surface area contributed by atoms with Crippen LogP contribution in [0.4, 0.5) is 5.69 Å². The van der Waals surface area contributed by atoms with Crippen molar-refractivity contribution in [3.8, 4) is 11.5 Å². The van der Waals surface area contributed by atoms with Crippen LogP contribution in [0.15, 0.2) is 48.5 Å². The lowest BCUT2D eigenvalue weighted by Crippen LogP contribution is -2.12. The van der Waals surface area contributed by atoms with Gasteiger partial charge in [0.2, 0.25) is 0 Å². The summed E-state index contributed by atoms with van der Waals surface area (Å²) in [6.45, 7) is 1.90. The number of anilines is 1. The molecule has 0 fully saturated rings. The van der Waals surface area contributed by atoms with Gasteiger partial charge in [-0.1, -0.05) is 24.3 Å². The Bertz CT molecular complexity index is 557. The van der Waals surface area contributed by atoms with Gasteiger partial charge in [-0.2, -0.15) is 0 Å². The van der Waals surface area contributed by atoms with Crippen LogP contribution in [0, 0.1) is 0 Å². The van der Waals surface area contributed by atoms with Crippen LogP contribution in [-0.2, 0) is 11.3 Å². The van der Waals surface area contributed by atoms with Gasteiger partial charge in [0.25, 0.3) is 0 Å². The molecular formula is C17H21NO3. The van der Waals surface area contributed by atoms with Crippen LogP contribution in [0.2, 0.25) is 0 Å². The first-order valence-corrected chi connectivity index (χ1v) is 6.91. The van der Waals surface area contributed by atoms with Crippen molar-refractivity contribution >= 4 is 5.69 Å². The van der Waals surface area contributed by atoms with Crippen LogP contribution in [0.5, 0.6) is 11.5 Å². The fraction of sp³-hybridized carbons (Fsp3) is 0.294.